The minimum Gasteiger partial charge on any atom is -0.348 e. The van der Waals surface area contributed by atoms with Crippen LogP contribution in [0.2, 0.25) is 0 Å². The molecule has 0 atom stereocenters. The molecule has 0 bridgehead atoms. The van der Waals surface area contributed by atoms with E-state index in [9.17, 15) is 4.79 Å². The van der Waals surface area contributed by atoms with Crippen molar-refractivity contribution in [3.05, 3.63) is 47.9 Å². The monoisotopic (exact) mass is 307 g/mol. The van der Waals surface area contributed by atoms with Gasteiger partial charge < -0.3 is 10.6 Å². The van der Waals surface area contributed by atoms with Crippen molar-refractivity contribution in [1.82, 2.24) is 15.3 Å². The highest BCUT2D eigenvalue weighted by atomic mass is 16.1. The van der Waals surface area contributed by atoms with Crippen LogP contribution in [0.4, 0.5) is 11.5 Å². The Balaban J connectivity index is 1.64. The smallest absolute Gasteiger partial charge is 0.271 e. The first-order valence-electron chi connectivity index (χ1n) is 7.65. The minimum atomic E-state index is -0.178. The fourth-order valence-electron chi connectivity index (χ4n) is 2.65. The molecule has 0 unspecified atom stereocenters. The quantitative estimate of drug-likeness (QED) is 0.906. The molecule has 1 saturated carbocycles. The van der Waals surface area contributed by atoms with Gasteiger partial charge >= 0.3 is 0 Å². The molecule has 0 saturated heterocycles. The van der Waals surface area contributed by atoms with Gasteiger partial charge in [-0.05, 0) is 31.0 Å². The molecular weight excluding hydrogens is 290 g/mol. The summed E-state index contributed by atoms with van der Waals surface area (Å²) in [6.45, 7) is 0. The Morgan fingerprint density at radius 3 is 2.74 bits per heavy atom. The molecule has 1 fully saturated rings. The third kappa shape index (κ3) is 3.83. The largest absolute Gasteiger partial charge is 0.348 e. The zero-order chi connectivity index (χ0) is 16.1. The van der Waals surface area contributed by atoms with Crippen molar-refractivity contribution in [2.45, 2.75) is 31.7 Å². The molecular formula is C17H17N5O. The Morgan fingerprint density at radius 1 is 1.22 bits per heavy atom. The van der Waals surface area contributed by atoms with Crippen molar-refractivity contribution in [1.29, 1.82) is 5.26 Å². The van der Waals surface area contributed by atoms with Crippen LogP contribution in [-0.2, 0) is 0 Å². The van der Waals surface area contributed by atoms with Crippen LogP contribution in [0.5, 0.6) is 0 Å². The van der Waals surface area contributed by atoms with E-state index in [1.165, 1.54) is 25.2 Å². The highest BCUT2D eigenvalue weighted by molar-refractivity contribution is 5.92. The second-order valence-corrected chi connectivity index (χ2v) is 5.56. The van der Waals surface area contributed by atoms with E-state index >= 15 is 0 Å². The lowest BCUT2D eigenvalue weighted by molar-refractivity contribution is 0.0932. The number of anilines is 2. The Kier molecular flexibility index (Phi) is 4.48. The molecule has 0 aliphatic heterocycles. The molecule has 3 rings (SSSR count). The zero-order valence-corrected chi connectivity index (χ0v) is 12.6. The van der Waals surface area contributed by atoms with Gasteiger partial charge in [-0.1, -0.05) is 18.9 Å². The van der Waals surface area contributed by atoms with E-state index in [0.717, 1.165) is 18.5 Å². The van der Waals surface area contributed by atoms with Crippen LogP contribution in [0, 0.1) is 11.3 Å². The number of nitriles is 1. The summed E-state index contributed by atoms with van der Waals surface area (Å²) < 4.78 is 0. The van der Waals surface area contributed by atoms with E-state index in [-0.39, 0.29) is 11.9 Å². The fraction of sp³-hybridized carbons (Fsp3) is 0.294. The summed E-state index contributed by atoms with van der Waals surface area (Å²) in [6.07, 6.45) is 7.38. The maximum absolute atomic E-state index is 12.1. The molecule has 0 radical (unpaired) electrons. The average Bonchev–Trinajstić information content (AvgIpc) is 3.08. The normalized spacial score (nSPS) is 14.2. The van der Waals surface area contributed by atoms with E-state index in [0.29, 0.717) is 17.1 Å². The second kappa shape index (κ2) is 6.88. The molecule has 1 aromatic heterocycles. The third-order valence-electron chi connectivity index (χ3n) is 3.84. The predicted octanol–water partition coefficient (Wildman–Crippen LogP) is 2.76. The number of carbonyl (C=O) groups excluding carboxylic acids is 1. The maximum Gasteiger partial charge on any atom is 0.271 e. The van der Waals surface area contributed by atoms with Crippen molar-refractivity contribution in [2.24, 2.45) is 0 Å². The van der Waals surface area contributed by atoms with Gasteiger partial charge in [-0.15, -0.1) is 0 Å². The Morgan fingerprint density at radius 2 is 2.04 bits per heavy atom. The van der Waals surface area contributed by atoms with Gasteiger partial charge in [-0.25, -0.2) is 9.97 Å². The molecule has 6 heteroatoms. The topological polar surface area (TPSA) is 90.7 Å². The molecule has 2 aromatic rings. The van der Waals surface area contributed by atoms with Crippen molar-refractivity contribution in [3.63, 3.8) is 0 Å². The predicted molar refractivity (Wildman–Crippen MR) is 86.2 cm³/mol. The lowest BCUT2D eigenvalue weighted by Gasteiger charge is -2.11. The fourth-order valence-corrected chi connectivity index (χ4v) is 2.65. The number of nitrogens with one attached hydrogen (secondary N) is 2. The number of carbonyl (C=O) groups is 1. The summed E-state index contributed by atoms with van der Waals surface area (Å²) in [6, 6.07) is 9.42. The van der Waals surface area contributed by atoms with Crippen LogP contribution in [0.3, 0.4) is 0 Å². The van der Waals surface area contributed by atoms with E-state index in [2.05, 4.69) is 26.7 Å². The molecule has 1 aliphatic rings. The number of aromatic nitrogens is 2. The van der Waals surface area contributed by atoms with Crippen LogP contribution in [0.1, 0.15) is 41.7 Å². The van der Waals surface area contributed by atoms with Gasteiger partial charge in [0.05, 0.1) is 24.0 Å². The molecule has 116 valence electrons. The van der Waals surface area contributed by atoms with Gasteiger partial charge in [-0.2, -0.15) is 5.26 Å². The molecule has 6 nitrogen and oxygen atoms in total. The van der Waals surface area contributed by atoms with E-state index in [1.54, 1.807) is 18.2 Å². The lowest BCUT2D eigenvalue weighted by atomic mass is 10.2. The first kappa shape index (κ1) is 15.0. The van der Waals surface area contributed by atoms with Gasteiger partial charge in [0.2, 0.25) is 0 Å². The summed E-state index contributed by atoms with van der Waals surface area (Å²) in [5, 5.41) is 14.9. The summed E-state index contributed by atoms with van der Waals surface area (Å²) in [5.41, 5.74) is 1.63. The first-order valence-corrected chi connectivity index (χ1v) is 7.65. The minimum absolute atomic E-state index is 0.178. The molecule has 0 spiro atoms. The third-order valence-corrected chi connectivity index (χ3v) is 3.84. The Bertz CT molecular complexity index is 729. The summed E-state index contributed by atoms with van der Waals surface area (Å²) in [4.78, 5) is 20.4. The summed E-state index contributed by atoms with van der Waals surface area (Å²) in [7, 11) is 0. The molecule has 1 amide bonds. The Labute approximate surface area is 134 Å². The van der Waals surface area contributed by atoms with Crippen LogP contribution in [0.25, 0.3) is 0 Å². The highest BCUT2D eigenvalue weighted by Gasteiger charge is 2.18. The number of rotatable bonds is 4. The number of nitrogens with zero attached hydrogens (tertiary/aromatic N) is 3. The van der Waals surface area contributed by atoms with Crippen LogP contribution in [0.15, 0.2) is 36.7 Å². The number of hydrogen-bond donors (Lipinski definition) is 2. The van der Waals surface area contributed by atoms with Crippen molar-refractivity contribution >= 4 is 17.4 Å². The van der Waals surface area contributed by atoms with Crippen molar-refractivity contribution < 1.29 is 4.79 Å². The van der Waals surface area contributed by atoms with Crippen LogP contribution < -0.4 is 10.6 Å². The van der Waals surface area contributed by atoms with E-state index in [1.807, 2.05) is 6.07 Å². The van der Waals surface area contributed by atoms with Gasteiger partial charge in [0.1, 0.15) is 11.5 Å². The summed E-state index contributed by atoms with van der Waals surface area (Å²) >= 11 is 0. The first-order chi connectivity index (χ1) is 11.2. The Hall–Kier alpha value is -2.94. The summed E-state index contributed by atoms with van der Waals surface area (Å²) in [5.74, 6) is 0.347. The molecule has 1 aromatic carbocycles. The SMILES string of the molecule is N#Cc1cccc(Nc2cnc(C(=O)NC3CCCC3)cn2)c1. The molecule has 23 heavy (non-hydrogen) atoms. The highest BCUT2D eigenvalue weighted by Crippen LogP contribution is 2.18. The number of benzene rings is 1. The second-order valence-electron chi connectivity index (χ2n) is 5.56. The molecule has 2 N–H and O–H groups in total. The van der Waals surface area contributed by atoms with Crippen LogP contribution in [-0.4, -0.2) is 21.9 Å². The van der Waals surface area contributed by atoms with Gasteiger partial charge in [0.25, 0.3) is 5.91 Å². The van der Waals surface area contributed by atoms with Gasteiger partial charge in [0, 0.05) is 11.7 Å². The van der Waals surface area contributed by atoms with Crippen molar-refractivity contribution in [3.8, 4) is 6.07 Å². The van der Waals surface area contributed by atoms with E-state index in [4.69, 9.17) is 5.26 Å². The maximum atomic E-state index is 12.1. The standard InChI is InChI=1S/C17H17N5O/c18-9-12-4-3-7-14(8-12)21-16-11-19-15(10-20-16)17(23)22-13-5-1-2-6-13/h3-4,7-8,10-11,13H,1-2,5-6H2,(H,20,21)(H,22,23). The van der Waals surface area contributed by atoms with E-state index < -0.39 is 0 Å². The average molecular weight is 307 g/mol. The molecule has 1 heterocycles. The number of amides is 1. The molecule has 1 aliphatic carbocycles. The van der Waals surface area contributed by atoms with Crippen molar-refractivity contribution in [2.75, 3.05) is 5.32 Å². The zero-order valence-electron chi connectivity index (χ0n) is 12.6. The van der Waals surface area contributed by atoms with Crippen LogP contribution >= 0.6 is 0 Å². The van der Waals surface area contributed by atoms with Gasteiger partial charge in [-0.3, -0.25) is 4.79 Å². The number of hydrogen-bond acceptors (Lipinski definition) is 5. The van der Waals surface area contributed by atoms with Gasteiger partial charge in [0.15, 0.2) is 0 Å². The lowest BCUT2D eigenvalue weighted by Crippen LogP contribution is -2.33.